The third-order valence-corrected chi connectivity index (χ3v) is 3.74. The molecule has 0 aliphatic rings. The molecule has 0 saturated heterocycles. The minimum absolute atomic E-state index is 0.660. The number of hydrogen-bond donors (Lipinski definition) is 1. The highest BCUT2D eigenvalue weighted by molar-refractivity contribution is 9.10. The molecule has 1 aromatic carbocycles. The molecule has 21 heavy (non-hydrogen) atoms. The SMILES string of the molecule is CCNCc1cc(Br)cc(C)c1OCCc1cnn(C)c1. The van der Waals surface area contributed by atoms with E-state index in [1.807, 2.05) is 24.1 Å². The Morgan fingerprint density at radius 3 is 2.86 bits per heavy atom. The molecule has 1 heterocycles. The number of halogens is 1. The predicted octanol–water partition coefficient (Wildman–Crippen LogP) is 3.22. The summed E-state index contributed by atoms with van der Waals surface area (Å²) in [4.78, 5) is 0. The van der Waals surface area contributed by atoms with Gasteiger partial charge in [-0.25, -0.2) is 0 Å². The Balaban J connectivity index is 2.03. The molecule has 114 valence electrons. The van der Waals surface area contributed by atoms with Crippen LogP contribution in [-0.4, -0.2) is 22.9 Å². The quantitative estimate of drug-likeness (QED) is 0.832. The lowest BCUT2D eigenvalue weighted by Crippen LogP contribution is -2.14. The van der Waals surface area contributed by atoms with Crippen molar-refractivity contribution < 1.29 is 4.74 Å². The van der Waals surface area contributed by atoms with E-state index in [0.29, 0.717) is 6.61 Å². The first-order valence-corrected chi connectivity index (χ1v) is 7.99. The van der Waals surface area contributed by atoms with Crippen molar-refractivity contribution in [2.24, 2.45) is 7.05 Å². The Labute approximate surface area is 134 Å². The fraction of sp³-hybridized carbons (Fsp3) is 0.438. The smallest absolute Gasteiger partial charge is 0.126 e. The number of hydrogen-bond acceptors (Lipinski definition) is 3. The molecule has 0 atom stereocenters. The third-order valence-electron chi connectivity index (χ3n) is 3.28. The van der Waals surface area contributed by atoms with E-state index in [2.05, 4.69) is 52.3 Å². The van der Waals surface area contributed by atoms with Crippen LogP contribution in [0.3, 0.4) is 0 Å². The van der Waals surface area contributed by atoms with Gasteiger partial charge in [0.2, 0.25) is 0 Å². The van der Waals surface area contributed by atoms with Gasteiger partial charge in [-0.2, -0.15) is 5.10 Å². The highest BCUT2D eigenvalue weighted by Crippen LogP contribution is 2.28. The second kappa shape index (κ2) is 7.61. The molecule has 0 unspecified atom stereocenters. The van der Waals surface area contributed by atoms with Gasteiger partial charge in [-0.15, -0.1) is 0 Å². The number of nitrogens with zero attached hydrogens (tertiary/aromatic N) is 2. The Bertz CT molecular complexity index is 595. The third kappa shape index (κ3) is 4.58. The van der Waals surface area contributed by atoms with Crippen LogP contribution in [0.15, 0.2) is 29.0 Å². The summed E-state index contributed by atoms with van der Waals surface area (Å²) in [6.45, 7) is 6.61. The Morgan fingerprint density at radius 2 is 2.19 bits per heavy atom. The van der Waals surface area contributed by atoms with Crippen molar-refractivity contribution in [2.45, 2.75) is 26.8 Å². The number of nitrogens with one attached hydrogen (secondary N) is 1. The van der Waals surface area contributed by atoms with Gasteiger partial charge in [0.1, 0.15) is 5.75 Å². The van der Waals surface area contributed by atoms with E-state index >= 15 is 0 Å². The van der Waals surface area contributed by atoms with E-state index in [1.54, 1.807) is 0 Å². The van der Waals surface area contributed by atoms with E-state index in [9.17, 15) is 0 Å². The number of aromatic nitrogens is 2. The van der Waals surface area contributed by atoms with Gasteiger partial charge in [-0.3, -0.25) is 4.68 Å². The van der Waals surface area contributed by atoms with Crippen molar-refractivity contribution in [1.82, 2.24) is 15.1 Å². The molecule has 0 fully saturated rings. The van der Waals surface area contributed by atoms with Crippen molar-refractivity contribution in [3.63, 3.8) is 0 Å². The molecule has 0 aliphatic carbocycles. The topological polar surface area (TPSA) is 39.1 Å². The van der Waals surface area contributed by atoms with Crippen LogP contribution >= 0.6 is 15.9 Å². The summed E-state index contributed by atoms with van der Waals surface area (Å²) >= 11 is 3.55. The maximum atomic E-state index is 6.04. The van der Waals surface area contributed by atoms with E-state index in [4.69, 9.17) is 4.74 Å². The van der Waals surface area contributed by atoms with Crippen molar-refractivity contribution in [3.05, 3.63) is 45.7 Å². The normalized spacial score (nSPS) is 10.9. The molecule has 0 aliphatic heterocycles. The van der Waals surface area contributed by atoms with Crippen LogP contribution in [0.4, 0.5) is 0 Å². The molecule has 5 heteroatoms. The summed E-state index contributed by atoms with van der Waals surface area (Å²) in [6.07, 6.45) is 4.78. The fourth-order valence-electron chi connectivity index (χ4n) is 2.27. The second-order valence-electron chi connectivity index (χ2n) is 5.11. The molecule has 2 aromatic rings. The van der Waals surface area contributed by atoms with Crippen LogP contribution in [0, 0.1) is 6.92 Å². The monoisotopic (exact) mass is 351 g/mol. The summed E-state index contributed by atoms with van der Waals surface area (Å²) in [5, 5.41) is 7.53. The largest absolute Gasteiger partial charge is 0.493 e. The average Bonchev–Trinajstić information content (AvgIpc) is 2.84. The zero-order valence-electron chi connectivity index (χ0n) is 12.8. The van der Waals surface area contributed by atoms with Gasteiger partial charge in [0, 0.05) is 36.2 Å². The summed E-state index contributed by atoms with van der Waals surface area (Å²) < 4.78 is 8.94. The van der Waals surface area contributed by atoms with Crippen LogP contribution < -0.4 is 10.1 Å². The molecular formula is C16H22BrN3O. The van der Waals surface area contributed by atoms with Crippen LogP contribution in [0.2, 0.25) is 0 Å². The molecule has 2 rings (SSSR count). The molecule has 0 saturated carbocycles. The predicted molar refractivity (Wildman–Crippen MR) is 88.7 cm³/mol. The maximum absolute atomic E-state index is 6.04. The first-order chi connectivity index (χ1) is 10.1. The summed E-state index contributed by atoms with van der Waals surface area (Å²) in [5.41, 5.74) is 3.54. The lowest BCUT2D eigenvalue weighted by molar-refractivity contribution is 0.315. The second-order valence-corrected chi connectivity index (χ2v) is 6.03. The fourth-order valence-corrected chi connectivity index (χ4v) is 2.89. The van der Waals surface area contributed by atoms with Gasteiger partial charge in [-0.05, 0) is 36.7 Å². The zero-order valence-corrected chi connectivity index (χ0v) is 14.4. The molecule has 0 spiro atoms. The Morgan fingerprint density at radius 1 is 1.38 bits per heavy atom. The van der Waals surface area contributed by atoms with Crippen molar-refractivity contribution in [3.8, 4) is 5.75 Å². The van der Waals surface area contributed by atoms with E-state index in [-0.39, 0.29) is 0 Å². The highest BCUT2D eigenvalue weighted by Gasteiger charge is 2.09. The van der Waals surface area contributed by atoms with Gasteiger partial charge in [-0.1, -0.05) is 22.9 Å². The minimum atomic E-state index is 0.660. The Kier molecular flexibility index (Phi) is 5.82. The van der Waals surface area contributed by atoms with E-state index in [0.717, 1.165) is 35.3 Å². The molecule has 1 N–H and O–H groups in total. The number of benzene rings is 1. The number of ether oxygens (including phenoxy) is 1. The Hall–Kier alpha value is -1.33. The minimum Gasteiger partial charge on any atom is -0.493 e. The molecule has 4 nitrogen and oxygen atoms in total. The molecule has 1 aromatic heterocycles. The highest BCUT2D eigenvalue weighted by atomic mass is 79.9. The maximum Gasteiger partial charge on any atom is 0.126 e. The standard InChI is InChI=1S/C16H22BrN3O/c1-4-18-10-14-8-15(17)7-12(2)16(14)21-6-5-13-9-19-20(3)11-13/h7-9,11,18H,4-6,10H2,1-3H3. The summed E-state index contributed by atoms with van der Waals surface area (Å²) in [6, 6.07) is 4.21. The molecule has 0 radical (unpaired) electrons. The zero-order chi connectivity index (χ0) is 15.2. The van der Waals surface area contributed by atoms with Crippen LogP contribution in [-0.2, 0) is 20.0 Å². The number of aryl methyl sites for hydroxylation is 2. The first kappa shape index (κ1) is 16.0. The van der Waals surface area contributed by atoms with Crippen molar-refractivity contribution in [1.29, 1.82) is 0 Å². The number of rotatable bonds is 7. The van der Waals surface area contributed by atoms with E-state index < -0.39 is 0 Å². The van der Waals surface area contributed by atoms with Crippen LogP contribution in [0.25, 0.3) is 0 Å². The van der Waals surface area contributed by atoms with Gasteiger partial charge < -0.3 is 10.1 Å². The summed E-state index contributed by atoms with van der Waals surface area (Å²) in [5.74, 6) is 0.989. The summed E-state index contributed by atoms with van der Waals surface area (Å²) in [7, 11) is 1.93. The average molecular weight is 352 g/mol. The van der Waals surface area contributed by atoms with Crippen molar-refractivity contribution in [2.75, 3.05) is 13.2 Å². The van der Waals surface area contributed by atoms with Crippen LogP contribution in [0.5, 0.6) is 5.75 Å². The molecule has 0 amide bonds. The lowest BCUT2D eigenvalue weighted by atomic mass is 10.1. The van der Waals surface area contributed by atoms with Crippen LogP contribution in [0.1, 0.15) is 23.6 Å². The van der Waals surface area contributed by atoms with Gasteiger partial charge in [0.25, 0.3) is 0 Å². The lowest BCUT2D eigenvalue weighted by Gasteiger charge is -2.15. The van der Waals surface area contributed by atoms with Gasteiger partial charge >= 0.3 is 0 Å². The van der Waals surface area contributed by atoms with Gasteiger partial charge in [0.05, 0.1) is 12.8 Å². The van der Waals surface area contributed by atoms with Crippen molar-refractivity contribution >= 4 is 15.9 Å². The first-order valence-electron chi connectivity index (χ1n) is 7.20. The van der Waals surface area contributed by atoms with E-state index in [1.165, 1.54) is 11.1 Å². The molecule has 0 bridgehead atoms. The van der Waals surface area contributed by atoms with Gasteiger partial charge in [0.15, 0.2) is 0 Å². The molecular weight excluding hydrogens is 330 g/mol.